The lowest BCUT2D eigenvalue weighted by atomic mass is 10.1. The van der Waals surface area contributed by atoms with Crippen LogP contribution in [-0.2, 0) is 12.8 Å². The first-order valence-corrected chi connectivity index (χ1v) is 7.29. The van der Waals surface area contributed by atoms with Crippen molar-refractivity contribution in [1.29, 1.82) is 5.26 Å². The zero-order valence-electron chi connectivity index (χ0n) is 9.40. The molecule has 2 aromatic heterocycles. The Morgan fingerprint density at radius 1 is 1.50 bits per heavy atom. The number of nitrogens with zero attached hydrogens (tertiary/aromatic N) is 2. The summed E-state index contributed by atoms with van der Waals surface area (Å²) in [4.78, 5) is 17.1. The molecular formula is C12H9N3OS2. The lowest BCUT2D eigenvalue weighted by Crippen LogP contribution is -2.12. The van der Waals surface area contributed by atoms with E-state index in [1.54, 1.807) is 10.9 Å². The fourth-order valence-electron chi connectivity index (χ4n) is 2.10. The second kappa shape index (κ2) is 4.52. The van der Waals surface area contributed by atoms with Crippen LogP contribution < -0.4 is 5.32 Å². The van der Waals surface area contributed by atoms with E-state index < -0.39 is 0 Å². The second-order valence-electron chi connectivity index (χ2n) is 4.00. The van der Waals surface area contributed by atoms with E-state index in [0.717, 1.165) is 24.8 Å². The molecule has 18 heavy (non-hydrogen) atoms. The number of fused-ring (bicyclic) bond motifs is 1. The van der Waals surface area contributed by atoms with Crippen molar-refractivity contribution in [2.45, 2.75) is 19.3 Å². The molecule has 1 N–H and O–H groups in total. The lowest BCUT2D eigenvalue weighted by molar-refractivity contribution is 0.102. The maximum absolute atomic E-state index is 11.9. The molecule has 4 nitrogen and oxygen atoms in total. The number of amides is 1. The summed E-state index contributed by atoms with van der Waals surface area (Å²) in [7, 11) is 0. The fraction of sp³-hybridized carbons (Fsp3) is 0.250. The summed E-state index contributed by atoms with van der Waals surface area (Å²) in [6.45, 7) is 0. The van der Waals surface area contributed by atoms with E-state index in [0.29, 0.717) is 16.3 Å². The number of aryl methyl sites for hydroxylation is 1. The molecule has 0 atom stereocenters. The van der Waals surface area contributed by atoms with E-state index in [1.807, 2.05) is 0 Å². The standard InChI is InChI=1S/C12H9N3OS2/c13-4-8-7-2-1-3-10(7)18-12(8)15-11(16)9-5-17-6-14-9/h5-6H,1-3H2,(H,15,16). The summed E-state index contributed by atoms with van der Waals surface area (Å²) in [5.74, 6) is -0.243. The van der Waals surface area contributed by atoms with Gasteiger partial charge in [-0.1, -0.05) is 0 Å². The van der Waals surface area contributed by atoms with Gasteiger partial charge in [0.15, 0.2) is 0 Å². The van der Waals surface area contributed by atoms with E-state index in [9.17, 15) is 10.1 Å². The Hall–Kier alpha value is -1.71. The Balaban J connectivity index is 1.90. The van der Waals surface area contributed by atoms with Gasteiger partial charge in [-0.05, 0) is 24.8 Å². The average Bonchev–Trinajstić information content (AvgIpc) is 3.04. The minimum absolute atomic E-state index is 0.243. The van der Waals surface area contributed by atoms with Crippen molar-refractivity contribution < 1.29 is 4.79 Å². The minimum Gasteiger partial charge on any atom is -0.311 e. The summed E-state index contributed by atoms with van der Waals surface area (Å²) in [6.07, 6.45) is 3.07. The van der Waals surface area contributed by atoms with Crippen LogP contribution in [0.2, 0.25) is 0 Å². The average molecular weight is 275 g/mol. The molecule has 0 aromatic carbocycles. The molecule has 0 saturated heterocycles. The molecule has 1 aliphatic carbocycles. The third kappa shape index (κ3) is 1.82. The van der Waals surface area contributed by atoms with Crippen molar-refractivity contribution in [1.82, 2.24) is 4.98 Å². The summed E-state index contributed by atoms with van der Waals surface area (Å²) >= 11 is 2.90. The van der Waals surface area contributed by atoms with E-state index in [-0.39, 0.29) is 5.91 Å². The molecule has 1 amide bonds. The largest absolute Gasteiger partial charge is 0.311 e. The van der Waals surface area contributed by atoms with E-state index in [1.165, 1.54) is 27.6 Å². The van der Waals surface area contributed by atoms with Gasteiger partial charge < -0.3 is 5.32 Å². The van der Waals surface area contributed by atoms with Gasteiger partial charge in [0.2, 0.25) is 0 Å². The summed E-state index contributed by atoms with van der Waals surface area (Å²) in [5.41, 5.74) is 3.78. The highest BCUT2D eigenvalue weighted by atomic mass is 32.1. The Kier molecular flexibility index (Phi) is 2.86. The van der Waals surface area contributed by atoms with Crippen LogP contribution in [0.5, 0.6) is 0 Å². The van der Waals surface area contributed by atoms with E-state index in [4.69, 9.17) is 0 Å². The van der Waals surface area contributed by atoms with E-state index in [2.05, 4.69) is 16.4 Å². The van der Waals surface area contributed by atoms with Gasteiger partial charge in [0, 0.05) is 10.3 Å². The van der Waals surface area contributed by atoms with Gasteiger partial charge in [-0.3, -0.25) is 4.79 Å². The Labute approximate surface area is 112 Å². The number of hydrogen-bond acceptors (Lipinski definition) is 5. The topological polar surface area (TPSA) is 65.8 Å². The highest BCUT2D eigenvalue weighted by Gasteiger charge is 2.23. The van der Waals surface area contributed by atoms with Crippen LogP contribution in [0, 0.1) is 11.3 Å². The number of anilines is 1. The molecule has 6 heteroatoms. The van der Waals surface area contributed by atoms with Crippen molar-refractivity contribution in [3.63, 3.8) is 0 Å². The molecule has 3 rings (SSSR count). The molecular weight excluding hydrogens is 266 g/mol. The van der Waals surface area contributed by atoms with Crippen LogP contribution in [-0.4, -0.2) is 10.9 Å². The van der Waals surface area contributed by atoms with Gasteiger partial charge in [-0.25, -0.2) is 4.98 Å². The van der Waals surface area contributed by atoms with E-state index >= 15 is 0 Å². The summed E-state index contributed by atoms with van der Waals surface area (Å²) < 4.78 is 0. The van der Waals surface area contributed by atoms with Crippen LogP contribution in [0.1, 0.15) is 32.9 Å². The summed E-state index contributed by atoms with van der Waals surface area (Å²) in [5, 5.41) is 14.4. The van der Waals surface area contributed by atoms with Crippen LogP contribution in [0.3, 0.4) is 0 Å². The number of thiophene rings is 1. The number of nitrogens with one attached hydrogen (secondary N) is 1. The first-order valence-electron chi connectivity index (χ1n) is 5.53. The third-order valence-corrected chi connectivity index (χ3v) is 4.72. The zero-order valence-corrected chi connectivity index (χ0v) is 11.0. The van der Waals surface area contributed by atoms with Crippen molar-refractivity contribution in [3.8, 4) is 6.07 Å². The van der Waals surface area contributed by atoms with Gasteiger partial charge in [0.1, 0.15) is 16.8 Å². The number of aromatic nitrogens is 1. The molecule has 2 heterocycles. The number of rotatable bonds is 2. The Bertz CT molecular complexity index is 637. The van der Waals surface area contributed by atoms with Crippen molar-refractivity contribution in [3.05, 3.63) is 32.6 Å². The van der Waals surface area contributed by atoms with Gasteiger partial charge in [0.05, 0.1) is 11.1 Å². The Morgan fingerprint density at radius 3 is 3.11 bits per heavy atom. The second-order valence-corrected chi connectivity index (χ2v) is 5.82. The highest BCUT2D eigenvalue weighted by molar-refractivity contribution is 7.16. The molecule has 0 fully saturated rings. The maximum atomic E-state index is 11.9. The number of carbonyl (C=O) groups is 1. The minimum atomic E-state index is -0.243. The smallest absolute Gasteiger partial charge is 0.275 e. The SMILES string of the molecule is N#Cc1c(NC(=O)c2cscn2)sc2c1CCC2. The van der Waals surface area contributed by atoms with Crippen LogP contribution in [0.15, 0.2) is 10.9 Å². The Morgan fingerprint density at radius 2 is 2.39 bits per heavy atom. The lowest BCUT2D eigenvalue weighted by Gasteiger charge is -2.01. The zero-order chi connectivity index (χ0) is 12.5. The first kappa shape index (κ1) is 11.4. The van der Waals surface area contributed by atoms with Crippen LogP contribution in [0.25, 0.3) is 0 Å². The molecule has 0 spiro atoms. The predicted molar refractivity (Wildman–Crippen MR) is 71.1 cm³/mol. The summed E-state index contributed by atoms with van der Waals surface area (Å²) in [6, 6.07) is 2.20. The van der Waals surface area contributed by atoms with Crippen LogP contribution in [0.4, 0.5) is 5.00 Å². The molecule has 90 valence electrons. The highest BCUT2D eigenvalue weighted by Crippen LogP contribution is 2.38. The molecule has 0 aliphatic heterocycles. The number of carbonyl (C=O) groups excluding carboxylic acids is 1. The molecule has 0 saturated carbocycles. The molecule has 0 unspecified atom stereocenters. The fourth-order valence-corrected chi connectivity index (χ4v) is 3.87. The molecule has 0 bridgehead atoms. The van der Waals surface area contributed by atoms with Crippen molar-refractivity contribution in [2.75, 3.05) is 5.32 Å². The number of thiazole rings is 1. The normalized spacial score (nSPS) is 13.1. The van der Waals surface area contributed by atoms with Gasteiger partial charge in [-0.15, -0.1) is 22.7 Å². The number of hydrogen-bond donors (Lipinski definition) is 1. The van der Waals surface area contributed by atoms with Crippen molar-refractivity contribution in [2.24, 2.45) is 0 Å². The number of nitriles is 1. The molecule has 2 aromatic rings. The molecule has 0 radical (unpaired) electrons. The maximum Gasteiger partial charge on any atom is 0.275 e. The van der Waals surface area contributed by atoms with Gasteiger partial charge in [-0.2, -0.15) is 5.26 Å². The van der Waals surface area contributed by atoms with Gasteiger partial charge >= 0.3 is 0 Å². The monoisotopic (exact) mass is 275 g/mol. The van der Waals surface area contributed by atoms with Crippen LogP contribution >= 0.6 is 22.7 Å². The molecule has 1 aliphatic rings. The third-order valence-electron chi connectivity index (χ3n) is 2.93. The first-order chi connectivity index (χ1) is 8.79. The quantitative estimate of drug-likeness (QED) is 0.916. The predicted octanol–water partition coefficient (Wildman–Crippen LogP) is 2.82. The van der Waals surface area contributed by atoms with Crippen molar-refractivity contribution >= 4 is 33.6 Å². The van der Waals surface area contributed by atoms with Gasteiger partial charge in [0.25, 0.3) is 5.91 Å².